The van der Waals surface area contributed by atoms with Gasteiger partial charge in [-0.1, -0.05) is 91.0 Å². The number of cyclic esters (lactones) is 1. The molecular weight excluding hydrogens is 310 g/mol. The molecule has 0 radical (unpaired) electrons. The standard InChI is InChI=1S/C22H19NO2/c24-21-23-20(16-17-10-4-1-5-11-17)22(25-21,18-12-6-2-7-13-18)19-14-8-3-9-15-19/h1-15,20H,16H2,(H,23,24). The van der Waals surface area contributed by atoms with Gasteiger partial charge in [-0.15, -0.1) is 0 Å². The van der Waals surface area contributed by atoms with Gasteiger partial charge in [0.2, 0.25) is 0 Å². The molecular formula is C22H19NO2. The zero-order valence-corrected chi connectivity index (χ0v) is 13.8. The molecule has 0 bridgehead atoms. The van der Waals surface area contributed by atoms with Crippen LogP contribution < -0.4 is 5.32 Å². The molecule has 3 aromatic carbocycles. The smallest absolute Gasteiger partial charge is 0.408 e. The van der Waals surface area contributed by atoms with E-state index in [1.807, 2.05) is 78.9 Å². The highest BCUT2D eigenvalue weighted by Gasteiger charge is 2.51. The second kappa shape index (κ2) is 6.44. The molecule has 3 aromatic rings. The maximum atomic E-state index is 12.3. The topological polar surface area (TPSA) is 38.3 Å². The summed E-state index contributed by atoms with van der Waals surface area (Å²) in [6.07, 6.45) is 0.310. The number of amides is 1. The minimum absolute atomic E-state index is 0.188. The normalized spacial score (nSPS) is 18.4. The largest absolute Gasteiger partial charge is 0.431 e. The molecule has 1 N–H and O–H groups in total. The summed E-state index contributed by atoms with van der Waals surface area (Å²) in [6, 6.07) is 29.9. The lowest BCUT2D eigenvalue weighted by Crippen LogP contribution is -2.43. The van der Waals surface area contributed by atoms with Gasteiger partial charge in [0.25, 0.3) is 0 Å². The van der Waals surface area contributed by atoms with E-state index in [9.17, 15) is 4.79 Å². The third-order valence-electron chi connectivity index (χ3n) is 4.72. The number of nitrogens with one attached hydrogen (secondary N) is 1. The van der Waals surface area contributed by atoms with Crippen molar-refractivity contribution in [3.63, 3.8) is 0 Å². The number of hydrogen-bond donors (Lipinski definition) is 1. The van der Waals surface area contributed by atoms with Gasteiger partial charge < -0.3 is 10.1 Å². The Labute approximate surface area is 147 Å². The van der Waals surface area contributed by atoms with Crippen LogP contribution in [0.4, 0.5) is 4.79 Å². The van der Waals surface area contributed by atoms with Crippen LogP contribution in [0.5, 0.6) is 0 Å². The average molecular weight is 329 g/mol. The molecule has 3 heteroatoms. The van der Waals surface area contributed by atoms with Gasteiger partial charge in [0.05, 0.1) is 6.04 Å². The molecule has 1 amide bonds. The van der Waals surface area contributed by atoms with Crippen LogP contribution in [0.3, 0.4) is 0 Å². The highest BCUT2D eigenvalue weighted by molar-refractivity contribution is 5.73. The molecule has 1 aliphatic rings. The fourth-order valence-electron chi connectivity index (χ4n) is 3.59. The minimum atomic E-state index is -0.838. The Hall–Kier alpha value is -3.07. The van der Waals surface area contributed by atoms with Crippen LogP contribution in [0.2, 0.25) is 0 Å². The Morgan fingerprint density at radius 2 is 1.24 bits per heavy atom. The summed E-state index contributed by atoms with van der Waals surface area (Å²) in [5, 5.41) is 3.03. The van der Waals surface area contributed by atoms with Crippen LogP contribution in [0.1, 0.15) is 16.7 Å². The molecule has 4 rings (SSSR count). The fourth-order valence-corrected chi connectivity index (χ4v) is 3.59. The van der Waals surface area contributed by atoms with Gasteiger partial charge in [-0.2, -0.15) is 0 Å². The molecule has 1 atom stereocenters. The van der Waals surface area contributed by atoms with E-state index in [1.165, 1.54) is 0 Å². The van der Waals surface area contributed by atoms with E-state index in [-0.39, 0.29) is 12.1 Å². The summed E-state index contributed by atoms with van der Waals surface area (Å²) in [5.74, 6) is 0. The predicted octanol–water partition coefficient (Wildman–Crippen LogP) is 4.28. The van der Waals surface area contributed by atoms with Crippen LogP contribution in [-0.2, 0) is 16.8 Å². The van der Waals surface area contributed by atoms with Crippen LogP contribution in [-0.4, -0.2) is 12.1 Å². The van der Waals surface area contributed by atoms with Crippen LogP contribution in [0, 0.1) is 0 Å². The summed E-state index contributed by atoms with van der Waals surface area (Å²) < 4.78 is 5.96. The Morgan fingerprint density at radius 1 is 0.760 bits per heavy atom. The minimum Gasteiger partial charge on any atom is -0.431 e. The molecule has 3 nitrogen and oxygen atoms in total. The average Bonchev–Trinajstić information content (AvgIpc) is 3.01. The lowest BCUT2D eigenvalue weighted by molar-refractivity contribution is 0.0683. The van der Waals surface area contributed by atoms with E-state index in [4.69, 9.17) is 4.74 Å². The molecule has 0 aliphatic carbocycles. The first kappa shape index (κ1) is 15.5. The summed E-state index contributed by atoms with van der Waals surface area (Å²) in [7, 11) is 0. The number of rotatable bonds is 4. The van der Waals surface area contributed by atoms with Gasteiger partial charge >= 0.3 is 6.09 Å². The Morgan fingerprint density at radius 3 is 1.76 bits per heavy atom. The lowest BCUT2D eigenvalue weighted by atomic mass is 9.78. The third-order valence-corrected chi connectivity index (χ3v) is 4.72. The Bertz CT molecular complexity index is 807. The Kier molecular flexibility index (Phi) is 3.98. The van der Waals surface area contributed by atoms with Crippen molar-refractivity contribution in [3.05, 3.63) is 108 Å². The van der Waals surface area contributed by atoms with Gasteiger partial charge in [-0.3, -0.25) is 0 Å². The fraction of sp³-hybridized carbons (Fsp3) is 0.136. The monoisotopic (exact) mass is 329 g/mol. The van der Waals surface area contributed by atoms with E-state index in [0.717, 1.165) is 16.7 Å². The van der Waals surface area contributed by atoms with Crippen molar-refractivity contribution in [2.75, 3.05) is 0 Å². The van der Waals surface area contributed by atoms with E-state index in [1.54, 1.807) is 0 Å². The summed E-state index contributed by atoms with van der Waals surface area (Å²) >= 11 is 0. The number of ether oxygens (including phenoxy) is 1. The molecule has 0 spiro atoms. The van der Waals surface area contributed by atoms with Crippen molar-refractivity contribution in [2.24, 2.45) is 0 Å². The van der Waals surface area contributed by atoms with E-state index >= 15 is 0 Å². The third kappa shape index (κ3) is 2.78. The van der Waals surface area contributed by atoms with Crippen molar-refractivity contribution in [1.82, 2.24) is 5.32 Å². The number of carbonyl (C=O) groups excluding carboxylic acids is 1. The number of alkyl carbamates (subject to hydrolysis) is 1. The second-order valence-corrected chi connectivity index (χ2v) is 6.24. The lowest BCUT2D eigenvalue weighted by Gasteiger charge is -2.33. The maximum Gasteiger partial charge on any atom is 0.408 e. The van der Waals surface area contributed by atoms with Gasteiger partial charge in [-0.25, -0.2) is 4.79 Å². The van der Waals surface area contributed by atoms with Crippen molar-refractivity contribution in [3.8, 4) is 0 Å². The molecule has 0 aromatic heterocycles. The van der Waals surface area contributed by atoms with E-state index < -0.39 is 5.60 Å². The van der Waals surface area contributed by atoms with Crippen molar-refractivity contribution in [1.29, 1.82) is 0 Å². The number of benzene rings is 3. The first-order valence-electron chi connectivity index (χ1n) is 8.43. The van der Waals surface area contributed by atoms with Crippen LogP contribution >= 0.6 is 0 Å². The highest BCUT2D eigenvalue weighted by atomic mass is 16.6. The van der Waals surface area contributed by atoms with Gasteiger partial charge in [0.1, 0.15) is 0 Å². The number of hydrogen-bond acceptors (Lipinski definition) is 2. The highest BCUT2D eigenvalue weighted by Crippen LogP contribution is 2.41. The van der Waals surface area contributed by atoms with E-state index in [0.29, 0.717) is 6.42 Å². The Balaban J connectivity index is 1.85. The number of carbonyl (C=O) groups is 1. The van der Waals surface area contributed by atoms with Crippen molar-refractivity contribution < 1.29 is 9.53 Å². The summed E-state index contributed by atoms with van der Waals surface area (Å²) in [6.45, 7) is 0. The van der Waals surface area contributed by atoms with Crippen molar-refractivity contribution >= 4 is 6.09 Å². The quantitative estimate of drug-likeness (QED) is 0.776. The molecule has 1 aliphatic heterocycles. The van der Waals surface area contributed by atoms with Crippen LogP contribution in [0.25, 0.3) is 0 Å². The molecule has 25 heavy (non-hydrogen) atoms. The zero-order valence-electron chi connectivity index (χ0n) is 13.8. The molecule has 1 unspecified atom stereocenters. The molecule has 1 heterocycles. The molecule has 1 fully saturated rings. The van der Waals surface area contributed by atoms with E-state index in [2.05, 4.69) is 17.4 Å². The zero-order chi connectivity index (χ0) is 17.1. The van der Waals surface area contributed by atoms with Gasteiger partial charge in [0, 0.05) is 11.1 Å². The predicted molar refractivity (Wildman–Crippen MR) is 97.2 cm³/mol. The van der Waals surface area contributed by atoms with Gasteiger partial charge in [-0.05, 0) is 12.0 Å². The maximum absolute atomic E-state index is 12.3. The summed E-state index contributed by atoms with van der Waals surface area (Å²) in [5.41, 5.74) is 2.27. The summed E-state index contributed by atoms with van der Waals surface area (Å²) in [4.78, 5) is 12.3. The molecule has 0 saturated carbocycles. The first-order valence-corrected chi connectivity index (χ1v) is 8.43. The van der Waals surface area contributed by atoms with Crippen molar-refractivity contribution in [2.45, 2.75) is 18.1 Å². The molecule has 124 valence electrons. The van der Waals surface area contributed by atoms with Gasteiger partial charge in [0.15, 0.2) is 5.60 Å². The molecule has 1 saturated heterocycles. The van der Waals surface area contributed by atoms with Crippen LogP contribution in [0.15, 0.2) is 91.0 Å². The SMILES string of the molecule is O=C1NC(Cc2ccccc2)C(c2ccccc2)(c2ccccc2)O1. The first-order chi connectivity index (χ1) is 12.3. The second-order valence-electron chi connectivity index (χ2n) is 6.24.